The fraction of sp³-hybridized carbons (Fsp3) is 0.625. The van der Waals surface area contributed by atoms with E-state index in [1.54, 1.807) is 39.0 Å². The van der Waals surface area contributed by atoms with E-state index in [2.05, 4.69) is 10.6 Å². The van der Waals surface area contributed by atoms with Gasteiger partial charge in [-0.3, -0.25) is 9.59 Å². The predicted molar refractivity (Wildman–Crippen MR) is 125 cm³/mol. The van der Waals surface area contributed by atoms with Gasteiger partial charge in [-0.05, 0) is 46.6 Å². The van der Waals surface area contributed by atoms with Crippen molar-refractivity contribution in [1.29, 1.82) is 0 Å². The van der Waals surface area contributed by atoms with Gasteiger partial charge < -0.3 is 30.5 Å². The van der Waals surface area contributed by atoms with Crippen molar-refractivity contribution in [3.05, 3.63) is 35.4 Å². The maximum atomic E-state index is 13.4. The minimum absolute atomic E-state index is 0.116. The summed E-state index contributed by atoms with van der Waals surface area (Å²) in [5.74, 6) is -1.11. The summed E-state index contributed by atoms with van der Waals surface area (Å²) in [5, 5.41) is 24.8. The fourth-order valence-electron chi connectivity index (χ4n) is 3.45. The third kappa shape index (κ3) is 9.39. The van der Waals surface area contributed by atoms with Gasteiger partial charge in [0, 0.05) is 12.6 Å². The van der Waals surface area contributed by atoms with E-state index < -0.39 is 48.8 Å². The highest BCUT2D eigenvalue weighted by Gasteiger charge is 2.36. The molecule has 0 radical (unpaired) electrons. The molecule has 1 aromatic carbocycles. The maximum absolute atomic E-state index is 13.4. The molecule has 33 heavy (non-hydrogen) atoms. The number of nitrogens with zero attached hydrogens (tertiary/aromatic N) is 1. The van der Waals surface area contributed by atoms with Crippen molar-refractivity contribution in [2.24, 2.45) is 0 Å². The molecule has 0 aliphatic carbocycles. The number of ether oxygens (including phenoxy) is 1. The first kappa shape index (κ1) is 28.4. The molecule has 0 spiro atoms. The molecule has 186 valence electrons. The zero-order valence-electron chi connectivity index (χ0n) is 20.6. The Bertz CT molecular complexity index is 793. The molecule has 0 heterocycles. The number of carbonyl (C=O) groups is 3. The number of benzene rings is 1. The number of amides is 3. The first-order valence-corrected chi connectivity index (χ1v) is 11.3. The zero-order chi connectivity index (χ0) is 25.2. The SMILES string of the molecule is CCCC(C)NC(=O)C(c1cccc(C)c1)N(CCO)C(=O)C(CO)NC(=O)OC(C)(C)C. The monoisotopic (exact) mass is 465 g/mol. The minimum Gasteiger partial charge on any atom is -0.444 e. The number of alkyl carbamates (subject to hydrolysis) is 1. The molecule has 0 bridgehead atoms. The highest BCUT2D eigenvalue weighted by Crippen LogP contribution is 2.24. The smallest absolute Gasteiger partial charge is 0.408 e. The highest BCUT2D eigenvalue weighted by atomic mass is 16.6. The molecule has 0 aliphatic heterocycles. The molecule has 0 saturated heterocycles. The molecule has 9 nitrogen and oxygen atoms in total. The van der Waals surface area contributed by atoms with E-state index in [9.17, 15) is 24.6 Å². The summed E-state index contributed by atoms with van der Waals surface area (Å²) in [6.07, 6.45) is 0.772. The molecule has 0 aliphatic rings. The van der Waals surface area contributed by atoms with Crippen LogP contribution in [-0.4, -0.2) is 70.5 Å². The van der Waals surface area contributed by atoms with Gasteiger partial charge in [0.2, 0.25) is 11.8 Å². The van der Waals surface area contributed by atoms with Crippen LogP contribution in [0.3, 0.4) is 0 Å². The molecular weight excluding hydrogens is 426 g/mol. The van der Waals surface area contributed by atoms with Gasteiger partial charge in [-0.1, -0.05) is 43.2 Å². The second-order valence-corrected chi connectivity index (χ2v) is 9.15. The van der Waals surface area contributed by atoms with Crippen LogP contribution in [0.5, 0.6) is 0 Å². The fourth-order valence-corrected chi connectivity index (χ4v) is 3.45. The quantitative estimate of drug-likeness (QED) is 0.396. The first-order valence-electron chi connectivity index (χ1n) is 11.3. The van der Waals surface area contributed by atoms with Crippen molar-refractivity contribution in [2.75, 3.05) is 19.8 Å². The van der Waals surface area contributed by atoms with Crippen molar-refractivity contribution in [2.45, 2.75) is 78.1 Å². The Balaban J connectivity index is 3.31. The molecule has 3 unspecified atom stereocenters. The largest absolute Gasteiger partial charge is 0.444 e. The summed E-state index contributed by atoms with van der Waals surface area (Å²) >= 11 is 0. The molecule has 9 heteroatoms. The molecular formula is C24H39N3O6. The van der Waals surface area contributed by atoms with Gasteiger partial charge in [0.25, 0.3) is 0 Å². The lowest BCUT2D eigenvalue weighted by Crippen LogP contribution is -2.55. The van der Waals surface area contributed by atoms with Crippen LogP contribution >= 0.6 is 0 Å². The lowest BCUT2D eigenvalue weighted by Gasteiger charge is -2.34. The van der Waals surface area contributed by atoms with Gasteiger partial charge in [0.15, 0.2) is 0 Å². The number of nitrogens with one attached hydrogen (secondary N) is 2. The molecule has 3 amide bonds. The lowest BCUT2D eigenvalue weighted by atomic mass is 10.0. The third-order valence-electron chi connectivity index (χ3n) is 4.82. The van der Waals surface area contributed by atoms with E-state index in [0.717, 1.165) is 18.4 Å². The van der Waals surface area contributed by atoms with Crippen LogP contribution in [-0.2, 0) is 14.3 Å². The van der Waals surface area contributed by atoms with Crippen LogP contribution in [0.4, 0.5) is 4.79 Å². The molecule has 0 fully saturated rings. The Labute approximate surface area is 196 Å². The Morgan fingerprint density at radius 1 is 1.15 bits per heavy atom. The zero-order valence-corrected chi connectivity index (χ0v) is 20.6. The van der Waals surface area contributed by atoms with Crippen LogP contribution in [0.15, 0.2) is 24.3 Å². The number of hydrogen-bond donors (Lipinski definition) is 4. The van der Waals surface area contributed by atoms with Gasteiger partial charge in [-0.15, -0.1) is 0 Å². The predicted octanol–water partition coefficient (Wildman–Crippen LogP) is 2.05. The molecule has 0 aromatic heterocycles. The Kier molecular flexibility index (Phi) is 11.3. The average Bonchev–Trinajstić information content (AvgIpc) is 2.70. The second kappa shape index (κ2) is 13.2. The van der Waals surface area contributed by atoms with Crippen molar-refractivity contribution in [1.82, 2.24) is 15.5 Å². The maximum Gasteiger partial charge on any atom is 0.408 e. The van der Waals surface area contributed by atoms with Crippen molar-refractivity contribution >= 4 is 17.9 Å². The number of aliphatic hydroxyl groups excluding tert-OH is 2. The molecule has 1 rings (SSSR count). The van der Waals surface area contributed by atoms with Crippen LogP contribution in [0, 0.1) is 6.92 Å². The summed E-state index contributed by atoms with van der Waals surface area (Å²) in [6, 6.07) is 4.66. The topological polar surface area (TPSA) is 128 Å². The summed E-state index contributed by atoms with van der Waals surface area (Å²) in [7, 11) is 0. The first-order chi connectivity index (χ1) is 15.4. The van der Waals surface area contributed by atoms with Crippen LogP contribution in [0.25, 0.3) is 0 Å². The number of hydrogen-bond acceptors (Lipinski definition) is 6. The Hall–Kier alpha value is -2.65. The minimum atomic E-state index is -1.35. The van der Waals surface area contributed by atoms with Crippen LogP contribution < -0.4 is 10.6 Å². The molecule has 1 aromatic rings. The summed E-state index contributed by atoms with van der Waals surface area (Å²) in [6.45, 7) is 9.52. The van der Waals surface area contributed by atoms with Gasteiger partial charge in [0.1, 0.15) is 17.7 Å². The number of carbonyl (C=O) groups excluding carboxylic acids is 3. The van der Waals surface area contributed by atoms with Crippen molar-refractivity contribution in [3.8, 4) is 0 Å². The van der Waals surface area contributed by atoms with E-state index in [1.807, 2.05) is 26.8 Å². The second-order valence-electron chi connectivity index (χ2n) is 9.15. The van der Waals surface area contributed by atoms with Gasteiger partial charge in [-0.2, -0.15) is 0 Å². The van der Waals surface area contributed by atoms with E-state index in [1.165, 1.54) is 4.90 Å². The van der Waals surface area contributed by atoms with E-state index in [-0.39, 0.29) is 12.6 Å². The molecule has 3 atom stereocenters. The van der Waals surface area contributed by atoms with Gasteiger partial charge >= 0.3 is 6.09 Å². The highest BCUT2D eigenvalue weighted by molar-refractivity contribution is 5.92. The average molecular weight is 466 g/mol. The standard InChI is InChI=1S/C24H39N3O6/c1-7-9-17(3)25-21(30)20(18-11-8-10-16(2)14-18)27(12-13-28)22(31)19(15-29)26-23(32)33-24(4,5)6/h8,10-11,14,17,19-20,28-29H,7,9,12-13,15H2,1-6H3,(H,25,30)(H,26,32). The summed E-state index contributed by atoms with van der Waals surface area (Å²) < 4.78 is 5.19. The number of aliphatic hydroxyl groups is 2. The summed E-state index contributed by atoms with van der Waals surface area (Å²) in [4.78, 5) is 40.1. The third-order valence-corrected chi connectivity index (χ3v) is 4.82. The van der Waals surface area contributed by atoms with Crippen molar-refractivity contribution < 1.29 is 29.3 Å². The van der Waals surface area contributed by atoms with Gasteiger partial charge in [0.05, 0.1) is 13.2 Å². The number of aryl methyl sites for hydroxylation is 1. The molecule has 4 N–H and O–H groups in total. The van der Waals surface area contributed by atoms with E-state index in [4.69, 9.17) is 4.74 Å². The van der Waals surface area contributed by atoms with Crippen LogP contribution in [0.2, 0.25) is 0 Å². The number of rotatable bonds is 11. The molecule has 0 saturated carbocycles. The van der Waals surface area contributed by atoms with Crippen LogP contribution in [0.1, 0.15) is 64.6 Å². The van der Waals surface area contributed by atoms with E-state index >= 15 is 0 Å². The Morgan fingerprint density at radius 3 is 2.33 bits per heavy atom. The van der Waals surface area contributed by atoms with E-state index in [0.29, 0.717) is 5.56 Å². The summed E-state index contributed by atoms with van der Waals surface area (Å²) in [5.41, 5.74) is 0.665. The normalized spacial score (nSPS) is 14.1. The lowest BCUT2D eigenvalue weighted by molar-refractivity contribution is -0.144. The van der Waals surface area contributed by atoms with Crippen molar-refractivity contribution in [3.63, 3.8) is 0 Å². The Morgan fingerprint density at radius 2 is 1.82 bits per heavy atom. The van der Waals surface area contributed by atoms with Gasteiger partial charge in [-0.25, -0.2) is 4.79 Å².